The van der Waals surface area contributed by atoms with E-state index >= 15 is 0 Å². The van der Waals surface area contributed by atoms with Gasteiger partial charge in [-0.3, -0.25) is 9.69 Å². The average Bonchev–Trinajstić information content (AvgIpc) is 3.07. The van der Waals surface area contributed by atoms with Crippen molar-refractivity contribution in [1.29, 1.82) is 0 Å². The van der Waals surface area contributed by atoms with E-state index in [0.29, 0.717) is 25.2 Å². The quantitative estimate of drug-likeness (QED) is 0.821. The number of hydrogen-bond donors (Lipinski definition) is 1. The van der Waals surface area contributed by atoms with Crippen molar-refractivity contribution in [3.05, 3.63) is 59.2 Å². The zero-order chi connectivity index (χ0) is 18.7. The number of carbonyl (C=O) groups is 2. The largest absolute Gasteiger partial charge is 0.337 e. The highest BCUT2D eigenvalue weighted by molar-refractivity contribution is 7.98. The Labute approximate surface area is 158 Å². The normalized spacial score (nSPS) is 13.7. The van der Waals surface area contributed by atoms with Crippen LogP contribution in [0, 0.1) is 6.92 Å². The molecule has 0 bridgehead atoms. The molecule has 5 nitrogen and oxygen atoms in total. The molecule has 136 valence electrons. The standard InChI is InChI=1S/C20H23N3O2S/c1-14-7-8-16(12-18(14)23-10-9-21-20(23)25)19(24)22(2)13-15-5-4-6-17(11-15)26-3/h4-8,11-12H,9-10,13H2,1-3H3,(H,21,25). The van der Waals surface area contributed by atoms with Crippen molar-refractivity contribution in [2.24, 2.45) is 0 Å². The van der Waals surface area contributed by atoms with Crippen LogP contribution in [0.15, 0.2) is 47.4 Å². The highest BCUT2D eigenvalue weighted by atomic mass is 32.2. The number of carbonyl (C=O) groups excluding carboxylic acids is 2. The molecule has 26 heavy (non-hydrogen) atoms. The maximum atomic E-state index is 12.9. The molecule has 1 saturated heterocycles. The molecule has 1 aliphatic rings. The van der Waals surface area contributed by atoms with Crippen molar-refractivity contribution >= 4 is 29.4 Å². The summed E-state index contributed by atoms with van der Waals surface area (Å²) in [7, 11) is 1.80. The summed E-state index contributed by atoms with van der Waals surface area (Å²) in [6.45, 7) is 3.74. The average molecular weight is 369 g/mol. The number of anilines is 1. The third kappa shape index (κ3) is 3.85. The first-order valence-corrected chi connectivity index (χ1v) is 9.76. The molecular formula is C20H23N3O2S. The van der Waals surface area contributed by atoms with Gasteiger partial charge in [0.1, 0.15) is 0 Å². The summed E-state index contributed by atoms with van der Waals surface area (Å²) in [6.07, 6.45) is 2.04. The van der Waals surface area contributed by atoms with E-state index < -0.39 is 0 Å². The van der Waals surface area contributed by atoms with Crippen LogP contribution in [0.3, 0.4) is 0 Å². The fourth-order valence-corrected chi connectivity index (χ4v) is 3.56. The Morgan fingerprint density at radius 2 is 2.08 bits per heavy atom. The molecule has 0 aliphatic carbocycles. The first kappa shape index (κ1) is 18.3. The molecule has 0 atom stereocenters. The summed E-state index contributed by atoms with van der Waals surface area (Å²) in [5, 5.41) is 2.80. The van der Waals surface area contributed by atoms with E-state index in [1.54, 1.807) is 28.6 Å². The summed E-state index contributed by atoms with van der Waals surface area (Å²) < 4.78 is 0. The van der Waals surface area contributed by atoms with Gasteiger partial charge in [0.2, 0.25) is 0 Å². The van der Waals surface area contributed by atoms with Crippen molar-refractivity contribution in [3.8, 4) is 0 Å². The summed E-state index contributed by atoms with van der Waals surface area (Å²) in [6, 6.07) is 13.6. The van der Waals surface area contributed by atoms with E-state index in [-0.39, 0.29) is 11.9 Å². The highest BCUT2D eigenvalue weighted by Crippen LogP contribution is 2.24. The topological polar surface area (TPSA) is 52.7 Å². The molecule has 1 heterocycles. The zero-order valence-electron chi connectivity index (χ0n) is 15.3. The summed E-state index contributed by atoms with van der Waals surface area (Å²) in [5.41, 5.74) is 3.46. The SMILES string of the molecule is CSc1cccc(CN(C)C(=O)c2ccc(C)c(N3CCNC3=O)c2)c1. The molecule has 3 rings (SSSR count). The molecule has 2 aromatic rings. The van der Waals surface area contributed by atoms with E-state index in [1.165, 1.54) is 4.90 Å². The number of thioether (sulfide) groups is 1. The number of benzene rings is 2. The van der Waals surface area contributed by atoms with Gasteiger partial charge in [-0.25, -0.2) is 4.79 Å². The van der Waals surface area contributed by atoms with E-state index in [0.717, 1.165) is 16.8 Å². The van der Waals surface area contributed by atoms with Gasteiger partial charge in [0.15, 0.2) is 0 Å². The predicted octanol–water partition coefficient (Wildman–Crippen LogP) is 3.52. The van der Waals surface area contributed by atoms with Crippen LogP contribution < -0.4 is 10.2 Å². The second-order valence-electron chi connectivity index (χ2n) is 6.40. The summed E-state index contributed by atoms with van der Waals surface area (Å²) >= 11 is 1.69. The number of hydrogen-bond acceptors (Lipinski definition) is 3. The Bertz CT molecular complexity index is 838. The molecular weight excluding hydrogens is 346 g/mol. The summed E-state index contributed by atoms with van der Waals surface area (Å²) in [5.74, 6) is -0.0552. The molecule has 1 aliphatic heterocycles. The van der Waals surface area contributed by atoms with Crippen molar-refractivity contribution in [2.45, 2.75) is 18.4 Å². The van der Waals surface area contributed by atoms with Gasteiger partial charge in [0.05, 0.1) is 0 Å². The molecule has 0 aromatic heterocycles. The Morgan fingerprint density at radius 3 is 2.77 bits per heavy atom. The minimum Gasteiger partial charge on any atom is -0.337 e. The predicted molar refractivity (Wildman–Crippen MR) is 106 cm³/mol. The van der Waals surface area contributed by atoms with Gasteiger partial charge < -0.3 is 10.2 Å². The van der Waals surface area contributed by atoms with Crippen LogP contribution in [0.4, 0.5) is 10.5 Å². The first-order chi connectivity index (χ1) is 12.5. The zero-order valence-corrected chi connectivity index (χ0v) is 16.1. The Morgan fingerprint density at radius 1 is 1.27 bits per heavy atom. The lowest BCUT2D eigenvalue weighted by atomic mass is 10.1. The van der Waals surface area contributed by atoms with E-state index in [9.17, 15) is 9.59 Å². The van der Waals surface area contributed by atoms with Crippen molar-refractivity contribution in [2.75, 3.05) is 31.3 Å². The molecule has 0 unspecified atom stereocenters. The smallest absolute Gasteiger partial charge is 0.322 e. The van der Waals surface area contributed by atoms with Crippen LogP contribution in [0.5, 0.6) is 0 Å². The number of nitrogens with one attached hydrogen (secondary N) is 1. The van der Waals surface area contributed by atoms with Gasteiger partial charge >= 0.3 is 6.03 Å². The molecule has 1 N–H and O–H groups in total. The van der Waals surface area contributed by atoms with Crippen molar-refractivity contribution < 1.29 is 9.59 Å². The Hall–Kier alpha value is -2.47. The Balaban J connectivity index is 1.79. The van der Waals surface area contributed by atoms with Crippen LogP contribution in [-0.4, -0.2) is 43.2 Å². The van der Waals surface area contributed by atoms with Crippen LogP contribution in [-0.2, 0) is 6.54 Å². The van der Waals surface area contributed by atoms with Crippen molar-refractivity contribution in [1.82, 2.24) is 10.2 Å². The second kappa shape index (κ2) is 7.83. The van der Waals surface area contributed by atoms with E-state index in [4.69, 9.17) is 0 Å². The molecule has 0 spiro atoms. The van der Waals surface area contributed by atoms with Crippen LogP contribution in [0.1, 0.15) is 21.5 Å². The minimum absolute atomic E-state index is 0.0552. The lowest BCUT2D eigenvalue weighted by Gasteiger charge is -2.21. The van der Waals surface area contributed by atoms with Crippen LogP contribution in [0.2, 0.25) is 0 Å². The van der Waals surface area contributed by atoms with E-state index in [1.807, 2.05) is 43.5 Å². The van der Waals surface area contributed by atoms with E-state index in [2.05, 4.69) is 17.4 Å². The van der Waals surface area contributed by atoms with Crippen LogP contribution >= 0.6 is 11.8 Å². The molecule has 1 fully saturated rings. The fraction of sp³-hybridized carbons (Fsp3) is 0.300. The molecule has 6 heteroatoms. The lowest BCUT2D eigenvalue weighted by molar-refractivity contribution is 0.0785. The molecule has 0 radical (unpaired) electrons. The van der Waals surface area contributed by atoms with Gasteiger partial charge in [-0.1, -0.05) is 18.2 Å². The first-order valence-electron chi connectivity index (χ1n) is 8.54. The number of aryl methyl sites for hydroxylation is 1. The maximum absolute atomic E-state index is 12.9. The number of amides is 3. The lowest BCUT2D eigenvalue weighted by Crippen LogP contribution is -2.29. The number of nitrogens with zero attached hydrogens (tertiary/aromatic N) is 2. The third-order valence-electron chi connectivity index (χ3n) is 4.50. The Kier molecular flexibility index (Phi) is 5.52. The fourth-order valence-electron chi connectivity index (χ4n) is 3.07. The van der Waals surface area contributed by atoms with Gasteiger partial charge in [-0.2, -0.15) is 0 Å². The molecule has 2 aromatic carbocycles. The molecule has 3 amide bonds. The van der Waals surface area contributed by atoms with Crippen LogP contribution in [0.25, 0.3) is 0 Å². The van der Waals surface area contributed by atoms with Gasteiger partial charge in [0, 0.05) is 42.8 Å². The highest BCUT2D eigenvalue weighted by Gasteiger charge is 2.24. The monoisotopic (exact) mass is 369 g/mol. The number of urea groups is 1. The number of rotatable bonds is 5. The van der Waals surface area contributed by atoms with Gasteiger partial charge in [-0.15, -0.1) is 11.8 Å². The summed E-state index contributed by atoms with van der Waals surface area (Å²) in [4.78, 5) is 29.4. The third-order valence-corrected chi connectivity index (χ3v) is 5.23. The van der Waals surface area contributed by atoms with Crippen molar-refractivity contribution in [3.63, 3.8) is 0 Å². The minimum atomic E-state index is -0.111. The van der Waals surface area contributed by atoms with Gasteiger partial charge in [0.25, 0.3) is 5.91 Å². The molecule has 0 saturated carbocycles. The second-order valence-corrected chi connectivity index (χ2v) is 7.28. The maximum Gasteiger partial charge on any atom is 0.322 e. The van der Waals surface area contributed by atoms with Gasteiger partial charge in [-0.05, 0) is 48.6 Å².